The summed E-state index contributed by atoms with van der Waals surface area (Å²) in [5, 5.41) is 18.0. The van der Waals surface area contributed by atoms with E-state index < -0.39 is 5.97 Å². The summed E-state index contributed by atoms with van der Waals surface area (Å²) in [4.78, 5) is 13.6. The van der Waals surface area contributed by atoms with E-state index in [9.17, 15) is 4.79 Å². The summed E-state index contributed by atoms with van der Waals surface area (Å²) in [5.74, 6) is -1.03. The van der Waals surface area contributed by atoms with Gasteiger partial charge in [-0.2, -0.15) is 0 Å². The van der Waals surface area contributed by atoms with Gasteiger partial charge >= 0.3 is 5.97 Å². The molecule has 0 bridgehead atoms. The molecule has 0 atom stereocenters. The maximum absolute atomic E-state index is 10.9. The van der Waals surface area contributed by atoms with Gasteiger partial charge in [-0.05, 0) is 18.2 Å². The maximum atomic E-state index is 10.9. The lowest BCUT2D eigenvalue weighted by Gasteiger charge is -2.04. The lowest BCUT2D eigenvalue weighted by atomic mass is 10.2. The summed E-state index contributed by atoms with van der Waals surface area (Å²) < 4.78 is 0.780. The number of hydrogen-bond acceptors (Lipinski definition) is 6. The highest BCUT2D eigenvalue weighted by molar-refractivity contribution is 8.01. The topological polar surface area (TPSA) is 66.3 Å². The van der Waals surface area contributed by atoms with Crippen molar-refractivity contribution in [2.75, 3.05) is 19.0 Å². The number of halogens is 1. The van der Waals surface area contributed by atoms with E-state index in [2.05, 4.69) is 10.2 Å². The van der Waals surface area contributed by atoms with E-state index in [1.165, 1.54) is 29.2 Å². The zero-order chi connectivity index (χ0) is 14.0. The van der Waals surface area contributed by atoms with Crippen LogP contribution >= 0.6 is 34.7 Å². The number of aromatic nitrogens is 2. The third-order valence-corrected chi connectivity index (χ3v) is 4.60. The quantitative estimate of drug-likeness (QED) is 0.935. The van der Waals surface area contributed by atoms with Crippen molar-refractivity contribution in [3.63, 3.8) is 0 Å². The molecule has 0 amide bonds. The van der Waals surface area contributed by atoms with Crippen LogP contribution in [0.1, 0.15) is 10.4 Å². The molecule has 1 heterocycles. The van der Waals surface area contributed by atoms with E-state index >= 15 is 0 Å². The van der Waals surface area contributed by atoms with Gasteiger partial charge in [-0.3, -0.25) is 0 Å². The molecule has 0 radical (unpaired) electrons. The van der Waals surface area contributed by atoms with E-state index in [1.54, 1.807) is 12.1 Å². The summed E-state index contributed by atoms with van der Waals surface area (Å²) in [6.45, 7) is 0. The normalized spacial score (nSPS) is 10.5. The number of hydrogen-bond donors (Lipinski definition) is 1. The molecule has 5 nitrogen and oxygen atoms in total. The molecule has 1 aromatic carbocycles. The Morgan fingerprint density at radius 1 is 1.42 bits per heavy atom. The van der Waals surface area contributed by atoms with Gasteiger partial charge in [-0.25, -0.2) is 4.79 Å². The van der Waals surface area contributed by atoms with Crippen LogP contribution in [-0.2, 0) is 0 Å². The summed E-state index contributed by atoms with van der Waals surface area (Å²) in [5.41, 5.74) is 0.0947. The summed E-state index contributed by atoms with van der Waals surface area (Å²) in [6.07, 6.45) is 0. The molecular formula is C11H10ClN3O2S2. The molecule has 0 aliphatic heterocycles. The average Bonchev–Trinajstić information content (AvgIpc) is 2.77. The van der Waals surface area contributed by atoms with Crippen molar-refractivity contribution >= 4 is 45.8 Å². The Morgan fingerprint density at radius 2 is 2.16 bits per heavy atom. The number of aromatic carboxylic acids is 1. The molecule has 19 heavy (non-hydrogen) atoms. The first-order chi connectivity index (χ1) is 8.97. The summed E-state index contributed by atoms with van der Waals surface area (Å²) in [7, 11) is 3.79. The first-order valence-corrected chi connectivity index (χ1v) is 7.20. The first-order valence-electron chi connectivity index (χ1n) is 5.19. The minimum Gasteiger partial charge on any atom is -0.478 e. The van der Waals surface area contributed by atoms with E-state index in [0.29, 0.717) is 0 Å². The van der Waals surface area contributed by atoms with Crippen molar-refractivity contribution in [2.24, 2.45) is 0 Å². The van der Waals surface area contributed by atoms with Crippen molar-refractivity contribution in [1.29, 1.82) is 0 Å². The fraction of sp³-hybridized carbons (Fsp3) is 0.182. The Balaban J connectivity index is 2.19. The van der Waals surface area contributed by atoms with Gasteiger partial charge in [-0.1, -0.05) is 34.7 Å². The molecule has 1 aromatic heterocycles. The lowest BCUT2D eigenvalue weighted by Crippen LogP contribution is -2.07. The number of rotatable bonds is 4. The van der Waals surface area contributed by atoms with Crippen LogP contribution < -0.4 is 4.90 Å². The zero-order valence-corrected chi connectivity index (χ0v) is 12.5. The number of anilines is 1. The Bertz CT molecular complexity index is 616. The molecule has 0 spiro atoms. The Morgan fingerprint density at radius 3 is 2.68 bits per heavy atom. The van der Waals surface area contributed by atoms with Crippen LogP contribution in [0.2, 0.25) is 5.02 Å². The number of carbonyl (C=O) groups is 1. The monoisotopic (exact) mass is 315 g/mol. The minimum atomic E-state index is -1.03. The van der Waals surface area contributed by atoms with Crippen LogP contribution in [0, 0.1) is 0 Å². The van der Waals surface area contributed by atoms with Crippen LogP contribution in [0.15, 0.2) is 27.4 Å². The van der Waals surface area contributed by atoms with E-state index in [-0.39, 0.29) is 10.6 Å². The molecule has 8 heteroatoms. The predicted octanol–water partition coefficient (Wildman–Crippen LogP) is 3.11. The highest BCUT2D eigenvalue weighted by Crippen LogP contribution is 2.34. The van der Waals surface area contributed by atoms with Crippen molar-refractivity contribution in [3.05, 3.63) is 28.8 Å². The third-order valence-electron chi connectivity index (χ3n) is 2.15. The van der Waals surface area contributed by atoms with Gasteiger partial charge < -0.3 is 10.0 Å². The van der Waals surface area contributed by atoms with Gasteiger partial charge in [0, 0.05) is 19.0 Å². The van der Waals surface area contributed by atoms with Crippen molar-refractivity contribution in [2.45, 2.75) is 9.24 Å². The number of carboxylic acids is 1. The predicted molar refractivity (Wildman–Crippen MR) is 76.8 cm³/mol. The second kappa shape index (κ2) is 5.77. The Kier molecular flexibility index (Phi) is 4.28. The summed E-state index contributed by atoms with van der Waals surface area (Å²) in [6, 6.07) is 4.81. The van der Waals surface area contributed by atoms with Crippen LogP contribution in [0.4, 0.5) is 5.13 Å². The molecule has 2 rings (SSSR count). The number of carboxylic acid groups (broad SMARTS) is 1. The van der Waals surface area contributed by atoms with Crippen LogP contribution in [0.25, 0.3) is 0 Å². The van der Waals surface area contributed by atoms with Crippen LogP contribution in [0.3, 0.4) is 0 Å². The zero-order valence-electron chi connectivity index (χ0n) is 10.1. The second-order valence-electron chi connectivity index (χ2n) is 3.79. The van der Waals surface area contributed by atoms with Crippen molar-refractivity contribution in [1.82, 2.24) is 10.2 Å². The molecule has 0 aliphatic carbocycles. The molecular weight excluding hydrogens is 306 g/mol. The molecule has 0 unspecified atom stereocenters. The summed E-state index contributed by atoms with van der Waals surface area (Å²) >= 11 is 8.77. The minimum absolute atomic E-state index is 0.0947. The van der Waals surface area contributed by atoms with Gasteiger partial charge in [0.1, 0.15) is 0 Å². The highest BCUT2D eigenvalue weighted by atomic mass is 35.5. The Labute approximate surface area is 123 Å². The molecule has 100 valence electrons. The largest absolute Gasteiger partial charge is 0.478 e. The van der Waals surface area contributed by atoms with Gasteiger partial charge in [-0.15, -0.1) is 10.2 Å². The van der Waals surface area contributed by atoms with Crippen LogP contribution in [0.5, 0.6) is 0 Å². The van der Waals surface area contributed by atoms with Gasteiger partial charge in [0.05, 0.1) is 10.6 Å². The molecule has 2 aromatic rings. The van der Waals surface area contributed by atoms with Crippen molar-refractivity contribution in [3.8, 4) is 0 Å². The molecule has 0 saturated carbocycles. The van der Waals surface area contributed by atoms with Gasteiger partial charge in [0.25, 0.3) is 0 Å². The first kappa shape index (κ1) is 14.1. The van der Waals surface area contributed by atoms with E-state index in [0.717, 1.165) is 14.4 Å². The fourth-order valence-corrected chi connectivity index (χ4v) is 3.36. The van der Waals surface area contributed by atoms with E-state index in [1.807, 2.05) is 19.0 Å². The SMILES string of the molecule is CN(C)c1nnc(Sc2ccc(C(=O)O)c(Cl)c2)s1. The standard InChI is InChI=1S/C11H10ClN3O2S2/c1-15(2)10-13-14-11(19-10)18-6-3-4-7(9(16)17)8(12)5-6/h3-5H,1-2H3,(H,16,17). The lowest BCUT2D eigenvalue weighted by molar-refractivity contribution is 0.0697. The maximum Gasteiger partial charge on any atom is 0.337 e. The molecule has 0 aliphatic rings. The molecule has 0 saturated heterocycles. The fourth-order valence-electron chi connectivity index (χ4n) is 1.26. The Hall–Kier alpha value is -1.31. The average molecular weight is 316 g/mol. The van der Waals surface area contributed by atoms with Gasteiger partial charge in [0.15, 0.2) is 4.34 Å². The second-order valence-corrected chi connectivity index (χ2v) is 6.48. The number of benzene rings is 1. The smallest absolute Gasteiger partial charge is 0.337 e. The molecule has 1 N–H and O–H groups in total. The van der Waals surface area contributed by atoms with Gasteiger partial charge in [0.2, 0.25) is 5.13 Å². The number of nitrogens with zero attached hydrogens (tertiary/aromatic N) is 3. The van der Waals surface area contributed by atoms with Crippen LogP contribution in [-0.4, -0.2) is 35.4 Å². The van der Waals surface area contributed by atoms with Crippen molar-refractivity contribution < 1.29 is 9.90 Å². The van der Waals surface area contributed by atoms with E-state index in [4.69, 9.17) is 16.7 Å². The highest BCUT2D eigenvalue weighted by Gasteiger charge is 2.11. The third kappa shape index (κ3) is 3.37. The molecule has 0 fully saturated rings.